The maximum absolute atomic E-state index is 12.8. The minimum atomic E-state index is -0.378. The average Bonchev–Trinajstić information content (AvgIpc) is 3.20. The van der Waals surface area contributed by atoms with Gasteiger partial charge in [-0.1, -0.05) is 11.6 Å². The van der Waals surface area contributed by atoms with E-state index in [0.29, 0.717) is 28.5 Å². The van der Waals surface area contributed by atoms with Crippen LogP contribution in [0.1, 0.15) is 33.5 Å². The molecule has 0 radical (unpaired) electrons. The predicted molar refractivity (Wildman–Crippen MR) is 103 cm³/mol. The van der Waals surface area contributed by atoms with Crippen molar-refractivity contribution in [3.05, 3.63) is 58.6 Å². The maximum Gasteiger partial charge on any atom is 0.276 e. The van der Waals surface area contributed by atoms with Gasteiger partial charge in [-0.15, -0.1) is 0 Å². The molecule has 3 aromatic rings. The zero-order chi connectivity index (χ0) is 19.6. The lowest BCUT2D eigenvalue weighted by molar-refractivity contribution is 0.101. The van der Waals surface area contributed by atoms with Gasteiger partial charge in [-0.3, -0.25) is 19.0 Å². The van der Waals surface area contributed by atoms with Gasteiger partial charge in [0.05, 0.1) is 29.5 Å². The van der Waals surface area contributed by atoms with Crippen molar-refractivity contribution < 1.29 is 9.59 Å². The molecule has 140 valence electrons. The topological polar surface area (TPSA) is 93.8 Å². The molecule has 1 aromatic carbocycles. The first-order valence-electron chi connectivity index (χ1n) is 8.33. The van der Waals surface area contributed by atoms with Gasteiger partial charge in [0.1, 0.15) is 5.69 Å². The van der Waals surface area contributed by atoms with E-state index in [-0.39, 0.29) is 17.5 Å². The summed E-state index contributed by atoms with van der Waals surface area (Å²) in [4.78, 5) is 25.3. The van der Waals surface area contributed by atoms with Gasteiger partial charge in [0.25, 0.3) is 11.8 Å². The van der Waals surface area contributed by atoms with E-state index >= 15 is 0 Å². The molecule has 0 bridgehead atoms. The van der Waals surface area contributed by atoms with Crippen LogP contribution in [0.25, 0.3) is 0 Å². The summed E-state index contributed by atoms with van der Waals surface area (Å²) < 4.78 is 3.19. The van der Waals surface area contributed by atoms with Crippen molar-refractivity contribution in [1.82, 2.24) is 19.6 Å². The van der Waals surface area contributed by atoms with Crippen molar-refractivity contribution in [3.8, 4) is 0 Å². The van der Waals surface area contributed by atoms with E-state index in [1.807, 2.05) is 13.8 Å². The van der Waals surface area contributed by atoms with E-state index in [1.165, 1.54) is 10.9 Å². The SMILES string of the molecule is CCn1ncc(NC(=O)c2ccc(Cl)cc2)c1C(=O)Nc1cnn(C)c1C. The molecule has 0 aliphatic rings. The Morgan fingerprint density at radius 2 is 1.67 bits per heavy atom. The lowest BCUT2D eigenvalue weighted by atomic mass is 10.2. The minimum absolute atomic E-state index is 0.267. The fourth-order valence-electron chi connectivity index (χ4n) is 2.55. The van der Waals surface area contributed by atoms with Gasteiger partial charge in [-0.05, 0) is 38.1 Å². The zero-order valence-corrected chi connectivity index (χ0v) is 15.9. The van der Waals surface area contributed by atoms with Crippen LogP contribution in [0.2, 0.25) is 5.02 Å². The summed E-state index contributed by atoms with van der Waals surface area (Å²) in [7, 11) is 1.79. The molecule has 0 fully saturated rings. The molecule has 8 nitrogen and oxygen atoms in total. The number of carbonyl (C=O) groups is 2. The molecule has 0 spiro atoms. The fourth-order valence-corrected chi connectivity index (χ4v) is 2.68. The van der Waals surface area contributed by atoms with Gasteiger partial charge >= 0.3 is 0 Å². The predicted octanol–water partition coefficient (Wildman–Crippen LogP) is 3.10. The number of hydrogen-bond acceptors (Lipinski definition) is 4. The molecule has 0 atom stereocenters. The van der Waals surface area contributed by atoms with Crippen molar-refractivity contribution in [2.45, 2.75) is 20.4 Å². The molecule has 2 N–H and O–H groups in total. The highest BCUT2D eigenvalue weighted by Crippen LogP contribution is 2.20. The first-order chi connectivity index (χ1) is 12.9. The second kappa shape index (κ2) is 7.63. The number of nitrogens with zero attached hydrogens (tertiary/aromatic N) is 4. The van der Waals surface area contributed by atoms with Crippen LogP contribution in [-0.4, -0.2) is 31.4 Å². The third-order valence-corrected chi connectivity index (χ3v) is 4.44. The summed E-state index contributed by atoms with van der Waals surface area (Å²) in [5, 5.41) is 14.4. The Morgan fingerprint density at radius 1 is 1.04 bits per heavy atom. The highest BCUT2D eigenvalue weighted by atomic mass is 35.5. The van der Waals surface area contributed by atoms with Crippen LogP contribution in [0.3, 0.4) is 0 Å². The Labute approximate surface area is 161 Å². The monoisotopic (exact) mass is 386 g/mol. The standard InChI is InChI=1S/C18H19ClN6O2/c1-4-25-16(18(27)22-14-9-20-24(3)11(14)2)15(10-21-25)23-17(26)12-5-7-13(19)8-6-12/h5-10H,4H2,1-3H3,(H,22,27)(H,23,26). The summed E-state index contributed by atoms with van der Waals surface area (Å²) in [6.45, 7) is 4.19. The Morgan fingerprint density at radius 3 is 2.26 bits per heavy atom. The summed E-state index contributed by atoms with van der Waals surface area (Å²) in [5.41, 5.74) is 2.44. The Balaban J connectivity index is 1.86. The number of halogens is 1. The highest BCUT2D eigenvalue weighted by Gasteiger charge is 2.21. The number of carbonyl (C=O) groups excluding carboxylic acids is 2. The number of hydrogen-bond donors (Lipinski definition) is 2. The first-order valence-corrected chi connectivity index (χ1v) is 8.71. The molecule has 0 unspecified atom stereocenters. The molecular formula is C18H19ClN6O2. The van der Waals surface area contributed by atoms with Crippen LogP contribution < -0.4 is 10.6 Å². The molecule has 0 saturated carbocycles. The first kappa shape index (κ1) is 18.7. The van der Waals surface area contributed by atoms with Crippen LogP contribution >= 0.6 is 11.6 Å². The van der Waals surface area contributed by atoms with Gasteiger partial charge in [0, 0.05) is 24.2 Å². The zero-order valence-electron chi connectivity index (χ0n) is 15.2. The third-order valence-electron chi connectivity index (χ3n) is 4.19. The van der Waals surface area contributed by atoms with E-state index in [4.69, 9.17) is 11.6 Å². The van der Waals surface area contributed by atoms with Crippen molar-refractivity contribution >= 4 is 34.8 Å². The number of rotatable bonds is 5. The molecule has 0 aliphatic carbocycles. The van der Waals surface area contributed by atoms with Crippen LogP contribution in [0.5, 0.6) is 0 Å². The third kappa shape index (κ3) is 3.85. The Kier molecular flexibility index (Phi) is 5.27. The van der Waals surface area contributed by atoms with Crippen LogP contribution in [0, 0.1) is 6.92 Å². The Hall–Kier alpha value is -3.13. The number of amides is 2. The van der Waals surface area contributed by atoms with Crippen LogP contribution in [-0.2, 0) is 13.6 Å². The quantitative estimate of drug-likeness (QED) is 0.704. The van der Waals surface area contributed by atoms with Crippen molar-refractivity contribution in [3.63, 3.8) is 0 Å². The van der Waals surface area contributed by atoms with Gasteiger partial charge in [-0.2, -0.15) is 10.2 Å². The molecule has 3 rings (SSSR count). The van der Waals surface area contributed by atoms with E-state index in [2.05, 4.69) is 20.8 Å². The number of aromatic nitrogens is 4. The second-order valence-electron chi connectivity index (χ2n) is 5.91. The normalized spacial score (nSPS) is 10.7. The van der Waals surface area contributed by atoms with Crippen molar-refractivity contribution in [1.29, 1.82) is 0 Å². The molecule has 0 saturated heterocycles. The Bertz CT molecular complexity index is 990. The number of benzene rings is 1. The lowest BCUT2D eigenvalue weighted by Gasteiger charge is -2.10. The summed E-state index contributed by atoms with van der Waals surface area (Å²) >= 11 is 5.85. The van der Waals surface area contributed by atoms with E-state index in [0.717, 1.165) is 5.69 Å². The molecule has 2 aromatic heterocycles. The van der Waals surface area contributed by atoms with Crippen LogP contribution in [0.4, 0.5) is 11.4 Å². The largest absolute Gasteiger partial charge is 0.319 e. The van der Waals surface area contributed by atoms with Gasteiger partial charge in [0.2, 0.25) is 0 Å². The van der Waals surface area contributed by atoms with Crippen LogP contribution in [0.15, 0.2) is 36.7 Å². The van der Waals surface area contributed by atoms with Crippen molar-refractivity contribution in [2.75, 3.05) is 10.6 Å². The maximum atomic E-state index is 12.8. The highest BCUT2D eigenvalue weighted by molar-refractivity contribution is 6.30. The number of aryl methyl sites for hydroxylation is 2. The number of nitrogens with one attached hydrogen (secondary N) is 2. The van der Waals surface area contributed by atoms with E-state index in [9.17, 15) is 9.59 Å². The van der Waals surface area contributed by atoms with Crippen molar-refractivity contribution in [2.24, 2.45) is 7.05 Å². The fraction of sp³-hybridized carbons (Fsp3) is 0.222. The van der Waals surface area contributed by atoms with E-state index in [1.54, 1.807) is 42.2 Å². The minimum Gasteiger partial charge on any atom is -0.319 e. The average molecular weight is 387 g/mol. The molecule has 0 aliphatic heterocycles. The summed E-state index contributed by atoms with van der Waals surface area (Å²) in [6.07, 6.45) is 3.04. The molecular weight excluding hydrogens is 368 g/mol. The lowest BCUT2D eigenvalue weighted by Crippen LogP contribution is -2.21. The smallest absolute Gasteiger partial charge is 0.276 e. The summed E-state index contributed by atoms with van der Waals surface area (Å²) in [5.74, 6) is -0.731. The molecule has 2 amide bonds. The van der Waals surface area contributed by atoms with Gasteiger partial charge in [-0.25, -0.2) is 0 Å². The second-order valence-corrected chi connectivity index (χ2v) is 6.34. The number of anilines is 2. The summed E-state index contributed by atoms with van der Waals surface area (Å²) in [6, 6.07) is 6.48. The molecule has 27 heavy (non-hydrogen) atoms. The molecule has 9 heteroatoms. The van der Waals surface area contributed by atoms with E-state index < -0.39 is 0 Å². The molecule has 2 heterocycles. The van der Waals surface area contributed by atoms with Gasteiger partial charge in [0.15, 0.2) is 0 Å². The van der Waals surface area contributed by atoms with Gasteiger partial charge < -0.3 is 10.6 Å².